The first kappa shape index (κ1) is 17.8. The number of nitrogens with one attached hydrogen (secondary N) is 1. The molecule has 0 saturated heterocycles. The maximum atomic E-state index is 12.7. The molecule has 1 heterocycles. The van der Waals surface area contributed by atoms with E-state index in [1.807, 2.05) is 0 Å². The van der Waals surface area contributed by atoms with Gasteiger partial charge in [0.25, 0.3) is 5.76 Å². The molecular formula is C12H4Cl2F5N3S. The Kier molecular flexibility index (Phi) is 5.08. The summed E-state index contributed by atoms with van der Waals surface area (Å²) >= 11 is 11.7. The van der Waals surface area contributed by atoms with Crippen molar-refractivity contribution in [1.82, 2.24) is 10.2 Å². The summed E-state index contributed by atoms with van der Waals surface area (Å²) in [4.78, 5) is -0.244. The van der Waals surface area contributed by atoms with Crippen molar-refractivity contribution < 1.29 is 22.0 Å². The van der Waals surface area contributed by atoms with Gasteiger partial charge in [-0.2, -0.15) is 32.3 Å². The normalized spacial score (nSPS) is 11.8. The fourth-order valence-corrected chi connectivity index (χ4v) is 3.08. The summed E-state index contributed by atoms with van der Waals surface area (Å²) in [6, 6.07) is 2.84. The number of halogens is 7. The summed E-state index contributed by atoms with van der Waals surface area (Å²) in [5.41, 5.74) is -1.70. The molecule has 0 saturated carbocycles. The maximum absolute atomic E-state index is 12.7. The van der Waals surface area contributed by atoms with Gasteiger partial charge in [0.05, 0.1) is 26.2 Å². The Morgan fingerprint density at radius 2 is 1.78 bits per heavy atom. The molecule has 0 bridgehead atoms. The zero-order chi connectivity index (χ0) is 17.4. The van der Waals surface area contributed by atoms with Crippen LogP contribution in [0.4, 0.5) is 22.0 Å². The lowest BCUT2D eigenvalue weighted by Gasteiger charge is -2.12. The molecule has 122 valence electrons. The van der Waals surface area contributed by atoms with Crippen LogP contribution in [0.15, 0.2) is 17.0 Å². The second kappa shape index (κ2) is 6.55. The minimum absolute atomic E-state index is 0.0158. The number of aromatic nitrogens is 2. The highest BCUT2D eigenvalue weighted by atomic mass is 35.5. The molecule has 0 unspecified atom stereocenters. The van der Waals surface area contributed by atoms with E-state index in [1.165, 1.54) is 0 Å². The Morgan fingerprint density at radius 1 is 1.22 bits per heavy atom. The summed E-state index contributed by atoms with van der Waals surface area (Å²) in [6.45, 7) is 0. The van der Waals surface area contributed by atoms with Crippen molar-refractivity contribution in [3.8, 4) is 17.3 Å². The lowest BCUT2D eigenvalue weighted by atomic mass is 10.1. The quantitative estimate of drug-likeness (QED) is 0.551. The molecule has 23 heavy (non-hydrogen) atoms. The molecule has 2 rings (SSSR count). The number of nitrogens with zero attached hydrogens (tertiary/aromatic N) is 2. The van der Waals surface area contributed by atoms with Crippen LogP contribution in [-0.2, 0) is 6.18 Å². The first-order valence-electron chi connectivity index (χ1n) is 5.65. The molecule has 0 aliphatic rings. The standard InChI is InChI=1S/C12H4Cl2F5N3S/c13-5-1-4(12(17,18)19)2-6(14)8(5)9-10(23-11(15)16)7(3-20)21-22-9/h1-2,11H,(H,21,22). The van der Waals surface area contributed by atoms with Crippen molar-refractivity contribution in [2.24, 2.45) is 0 Å². The molecular weight excluding hydrogens is 384 g/mol. The Morgan fingerprint density at radius 3 is 2.22 bits per heavy atom. The molecule has 0 fully saturated rings. The number of hydrogen-bond acceptors (Lipinski definition) is 3. The number of nitriles is 1. The van der Waals surface area contributed by atoms with E-state index in [9.17, 15) is 22.0 Å². The Hall–Kier alpha value is -1.50. The number of rotatable bonds is 3. The van der Waals surface area contributed by atoms with E-state index in [2.05, 4.69) is 10.2 Å². The van der Waals surface area contributed by atoms with Crippen molar-refractivity contribution in [1.29, 1.82) is 5.26 Å². The molecule has 1 aromatic heterocycles. The second-order valence-electron chi connectivity index (χ2n) is 4.08. The van der Waals surface area contributed by atoms with Crippen molar-refractivity contribution in [3.05, 3.63) is 33.4 Å². The van der Waals surface area contributed by atoms with Crippen LogP contribution in [-0.4, -0.2) is 16.0 Å². The van der Waals surface area contributed by atoms with Crippen LogP contribution >= 0.6 is 35.0 Å². The van der Waals surface area contributed by atoms with Gasteiger partial charge < -0.3 is 0 Å². The van der Waals surface area contributed by atoms with Crippen molar-refractivity contribution >= 4 is 35.0 Å². The topological polar surface area (TPSA) is 52.5 Å². The van der Waals surface area contributed by atoms with Crippen LogP contribution in [0.2, 0.25) is 10.0 Å². The molecule has 1 aromatic carbocycles. The minimum Gasteiger partial charge on any atom is -0.275 e. The van der Waals surface area contributed by atoms with Crippen LogP contribution in [0, 0.1) is 11.3 Å². The predicted octanol–water partition coefficient (Wildman–Crippen LogP) is 5.59. The summed E-state index contributed by atoms with van der Waals surface area (Å²) in [7, 11) is 0. The number of H-pyrrole nitrogens is 1. The molecule has 11 heteroatoms. The van der Waals surface area contributed by atoms with Gasteiger partial charge in [-0.3, -0.25) is 5.10 Å². The van der Waals surface area contributed by atoms with E-state index in [0.29, 0.717) is 12.1 Å². The van der Waals surface area contributed by atoms with Gasteiger partial charge in [0.15, 0.2) is 5.69 Å². The van der Waals surface area contributed by atoms with Gasteiger partial charge in [0.2, 0.25) is 0 Å². The van der Waals surface area contributed by atoms with Gasteiger partial charge in [0.1, 0.15) is 6.07 Å². The van der Waals surface area contributed by atoms with Crippen LogP contribution in [0.5, 0.6) is 0 Å². The zero-order valence-electron chi connectivity index (χ0n) is 10.7. The van der Waals surface area contributed by atoms with Gasteiger partial charge in [-0.1, -0.05) is 23.2 Å². The third-order valence-corrected chi connectivity index (χ3v) is 4.06. The first-order valence-corrected chi connectivity index (χ1v) is 7.28. The number of benzene rings is 1. The number of hydrogen-bond donors (Lipinski definition) is 1. The summed E-state index contributed by atoms with van der Waals surface area (Å²) in [5.74, 6) is -2.87. The maximum Gasteiger partial charge on any atom is 0.416 e. The van der Waals surface area contributed by atoms with Crippen molar-refractivity contribution in [2.75, 3.05) is 0 Å². The van der Waals surface area contributed by atoms with E-state index in [1.54, 1.807) is 6.07 Å². The molecule has 0 aliphatic carbocycles. The van der Waals surface area contributed by atoms with Crippen LogP contribution < -0.4 is 0 Å². The van der Waals surface area contributed by atoms with E-state index in [-0.39, 0.29) is 33.6 Å². The number of thioether (sulfide) groups is 1. The van der Waals surface area contributed by atoms with Crippen LogP contribution in [0.25, 0.3) is 11.3 Å². The Labute approximate surface area is 140 Å². The highest BCUT2D eigenvalue weighted by molar-refractivity contribution is 7.99. The average Bonchev–Trinajstić information content (AvgIpc) is 2.79. The number of aromatic amines is 1. The van der Waals surface area contributed by atoms with E-state index >= 15 is 0 Å². The molecule has 0 radical (unpaired) electrons. The van der Waals surface area contributed by atoms with Gasteiger partial charge in [-0.05, 0) is 23.9 Å². The molecule has 2 aromatic rings. The predicted molar refractivity (Wildman–Crippen MR) is 75.6 cm³/mol. The SMILES string of the molecule is N#Cc1n[nH]c(-c2c(Cl)cc(C(F)(F)F)cc2Cl)c1SC(F)F. The van der Waals surface area contributed by atoms with Crippen molar-refractivity contribution in [3.63, 3.8) is 0 Å². The number of alkyl halides is 5. The molecule has 3 nitrogen and oxygen atoms in total. The largest absolute Gasteiger partial charge is 0.416 e. The van der Waals surface area contributed by atoms with Crippen molar-refractivity contribution in [2.45, 2.75) is 16.8 Å². The monoisotopic (exact) mass is 387 g/mol. The van der Waals surface area contributed by atoms with Gasteiger partial charge in [0, 0.05) is 5.56 Å². The second-order valence-corrected chi connectivity index (χ2v) is 5.89. The van der Waals surface area contributed by atoms with Crippen LogP contribution in [0.3, 0.4) is 0 Å². The van der Waals surface area contributed by atoms with E-state index in [4.69, 9.17) is 28.5 Å². The average molecular weight is 388 g/mol. The lowest BCUT2D eigenvalue weighted by Crippen LogP contribution is -2.05. The Bertz CT molecular complexity index is 759. The van der Waals surface area contributed by atoms with E-state index < -0.39 is 27.5 Å². The zero-order valence-corrected chi connectivity index (χ0v) is 13.0. The summed E-state index contributed by atoms with van der Waals surface area (Å²) < 4.78 is 63.4. The molecule has 0 amide bonds. The summed E-state index contributed by atoms with van der Waals surface area (Å²) in [6.07, 6.45) is -4.67. The summed E-state index contributed by atoms with van der Waals surface area (Å²) in [5, 5.41) is 13.9. The highest BCUT2D eigenvalue weighted by Crippen LogP contribution is 2.44. The molecule has 0 spiro atoms. The van der Waals surface area contributed by atoms with Gasteiger partial charge in [-0.25, -0.2) is 0 Å². The fourth-order valence-electron chi connectivity index (χ4n) is 1.76. The van der Waals surface area contributed by atoms with Gasteiger partial charge >= 0.3 is 6.18 Å². The minimum atomic E-state index is -4.67. The van der Waals surface area contributed by atoms with Crippen LogP contribution in [0.1, 0.15) is 11.3 Å². The molecule has 1 N–H and O–H groups in total. The highest BCUT2D eigenvalue weighted by Gasteiger charge is 2.33. The third kappa shape index (κ3) is 3.71. The third-order valence-electron chi connectivity index (χ3n) is 2.65. The molecule has 0 aliphatic heterocycles. The Balaban J connectivity index is 2.64. The van der Waals surface area contributed by atoms with E-state index in [0.717, 1.165) is 0 Å². The fraction of sp³-hybridized carbons (Fsp3) is 0.167. The first-order chi connectivity index (χ1) is 10.6. The smallest absolute Gasteiger partial charge is 0.275 e. The van der Waals surface area contributed by atoms with Gasteiger partial charge in [-0.15, -0.1) is 0 Å². The lowest BCUT2D eigenvalue weighted by molar-refractivity contribution is -0.137. The molecule has 0 atom stereocenters.